The van der Waals surface area contributed by atoms with Crippen molar-refractivity contribution in [3.63, 3.8) is 0 Å². The quantitative estimate of drug-likeness (QED) is 0.707. The molecule has 2 bridgehead atoms. The van der Waals surface area contributed by atoms with Crippen molar-refractivity contribution in [2.45, 2.75) is 18.9 Å². The van der Waals surface area contributed by atoms with Crippen LogP contribution in [0.25, 0.3) is 0 Å². The number of piperidine rings is 3. The van der Waals surface area contributed by atoms with Gasteiger partial charge in [-0.1, -0.05) is 0 Å². The molecule has 1 aromatic heterocycles. The maximum atomic E-state index is 5.78. The molecule has 3 fully saturated rings. The zero-order valence-electron chi connectivity index (χ0n) is 8.06. The van der Waals surface area contributed by atoms with Crippen LogP contribution in [0.4, 0.5) is 0 Å². The number of hydrogen-bond acceptors (Lipinski definition) is 4. The number of rotatable bonds is 2. The van der Waals surface area contributed by atoms with Gasteiger partial charge in [-0.2, -0.15) is 0 Å². The molecule has 3 aliphatic rings. The lowest BCUT2D eigenvalue weighted by molar-refractivity contribution is -0.0113. The van der Waals surface area contributed by atoms with E-state index in [2.05, 4.69) is 10.1 Å². The van der Waals surface area contributed by atoms with E-state index in [9.17, 15) is 0 Å². The molecule has 0 radical (unpaired) electrons. The van der Waals surface area contributed by atoms with Crippen LogP contribution in [0.5, 0.6) is 5.88 Å². The standard InChI is InChI=1S/C10H14N2O2/c1-4-12-5-2-8(1)9(7-12)14-10-3-6-13-11-10/h3,6,8-9H,1-2,4-5,7H2. The van der Waals surface area contributed by atoms with Crippen molar-refractivity contribution in [1.29, 1.82) is 0 Å². The Kier molecular flexibility index (Phi) is 1.94. The Morgan fingerprint density at radius 2 is 2.29 bits per heavy atom. The first-order valence-electron chi connectivity index (χ1n) is 5.21. The van der Waals surface area contributed by atoms with Gasteiger partial charge in [0, 0.05) is 12.6 Å². The predicted molar refractivity (Wildman–Crippen MR) is 50.1 cm³/mol. The molecule has 14 heavy (non-hydrogen) atoms. The second-order valence-corrected chi connectivity index (χ2v) is 4.13. The van der Waals surface area contributed by atoms with Gasteiger partial charge in [0.2, 0.25) is 0 Å². The Balaban J connectivity index is 1.68. The monoisotopic (exact) mass is 194 g/mol. The number of fused-ring (bicyclic) bond motifs is 3. The Morgan fingerprint density at radius 3 is 2.86 bits per heavy atom. The average molecular weight is 194 g/mol. The van der Waals surface area contributed by atoms with E-state index in [1.165, 1.54) is 25.9 Å². The van der Waals surface area contributed by atoms with Crippen LogP contribution in [0, 0.1) is 5.92 Å². The minimum Gasteiger partial charge on any atom is -0.471 e. The van der Waals surface area contributed by atoms with E-state index < -0.39 is 0 Å². The molecule has 76 valence electrons. The minimum atomic E-state index is 0.322. The average Bonchev–Trinajstić information content (AvgIpc) is 2.72. The number of hydrogen-bond donors (Lipinski definition) is 0. The molecule has 4 nitrogen and oxygen atoms in total. The fraction of sp³-hybridized carbons (Fsp3) is 0.700. The van der Waals surface area contributed by atoms with Crippen molar-refractivity contribution < 1.29 is 9.26 Å². The van der Waals surface area contributed by atoms with E-state index in [4.69, 9.17) is 9.26 Å². The van der Waals surface area contributed by atoms with Gasteiger partial charge in [-0.15, -0.1) is 0 Å². The van der Waals surface area contributed by atoms with Crippen LogP contribution in [0.1, 0.15) is 12.8 Å². The van der Waals surface area contributed by atoms with Gasteiger partial charge < -0.3 is 9.26 Å². The van der Waals surface area contributed by atoms with E-state index in [1.54, 1.807) is 12.3 Å². The summed E-state index contributed by atoms with van der Waals surface area (Å²) in [6.07, 6.45) is 4.41. The fourth-order valence-electron chi connectivity index (χ4n) is 2.46. The summed E-state index contributed by atoms with van der Waals surface area (Å²) in [6, 6.07) is 1.78. The van der Waals surface area contributed by atoms with Gasteiger partial charge in [-0.3, -0.25) is 4.90 Å². The summed E-state index contributed by atoms with van der Waals surface area (Å²) in [7, 11) is 0. The van der Waals surface area contributed by atoms with E-state index in [0.29, 0.717) is 12.0 Å². The van der Waals surface area contributed by atoms with E-state index in [1.807, 2.05) is 0 Å². The summed E-state index contributed by atoms with van der Waals surface area (Å²) in [5.41, 5.74) is 0. The molecule has 0 saturated carbocycles. The molecular formula is C10H14N2O2. The highest BCUT2D eigenvalue weighted by Crippen LogP contribution is 2.29. The third-order valence-corrected chi connectivity index (χ3v) is 3.28. The summed E-state index contributed by atoms with van der Waals surface area (Å²) in [6.45, 7) is 3.53. The first-order chi connectivity index (χ1) is 6.92. The second kappa shape index (κ2) is 3.28. The van der Waals surface area contributed by atoms with E-state index >= 15 is 0 Å². The third-order valence-electron chi connectivity index (χ3n) is 3.28. The molecule has 0 amide bonds. The zero-order valence-corrected chi connectivity index (χ0v) is 8.06. The zero-order chi connectivity index (χ0) is 9.38. The van der Waals surface area contributed by atoms with Crippen LogP contribution in [0.3, 0.4) is 0 Å². The smallest absolute Gasteiger partial charge is 0.254 e. The minimum absolute atomic E-state index is 0.322. The van der Waals surface area contributed by atoms with Gasteiger partial charge in [0.05, 0.1) is 0 Å². The molecule has 4 heterocycles. The molecule has 3 aliphatic heterocycles. The van der Waals surface area contributed by atoms with Crippen molar-refractivity contribution >= 4 is 0 Å². The third kappa shape index (κ3) is 1.39. The lowest BCUT2D eigenvalue weighted by atomic mass is 9.86. The highest BCUT2D eigenvalue weighted by Gasteiger charge is 2.35. The Bertz CT molecular complexity index is 291. The Hall–Kier alpha value is -1.03. The molecular weight excluding hydrogens is 180 g/mol. The molecule has 4 rings (SSSR count). The molecule has 1 atom stereocenters. The summed E-state index contributed by atoms with van der Waals surface area (Å²) < 4.78 is 10.5. The number of nitrogens with zero attached hydrogens (tertiary/aromatic N) is 2. The maximum absolute atomic E-state index is 5.78. The topological polar surface area (TPSA) is 38.5 Å². The molecule has 1 unspecified atom stereocenters. The molecule has 4 heteroatoms. The van der Waals surface area contributed by atoms with Crippen LogP contribution < -0.4 is 4.74 Å². The van der Waals surface area contributed by atoms with Crippen molar-refractivity contribution in [2.75, 3.05) is 19.6 Å². The normalized spacial score (nSPS) is 35.9. The molecule has 3 saturated heterocycles. The van der Waals surface area contributed by atoms with Crippen molar-refractivity contribution in [3.8, 4) is 5.88 Å². The molecule has 0 N–H and O–H groups in total. The Morgan fingerprint density at radius 1 is 1.43 bits per heavy atom. The highest BCUT2D eigenvalue weighted by molar-refractivity contribution is 5.04. The lowest BCUT2D eigenvalue weighted by Gasteiger charge is -2.43. The highest BCUT2D eigenvalue weighted by atomic mass is 16.5. The van der Waals surface area contributed by atoms with Crippen LogP contribution in [0.2, 0.25) is 0 Å². The number of aromatic nitrogens is 1. The summed E-state index contributed by atoms with van der Waals surface area (Å²) in [4.78, 5) is 2.46. The second-order valence-electron chi connectivity index (χ2n) is 4.13. The summed E-state index contributed by atoms with van der Waals surface area (Å²) >= 11 is 0. The fourth-order valence-corrected chi connectivity index (χ4v) is 2.46. The molecule has 0 aliphatic carbocycles. The predicted octanol–water partition coefficient (Wildman–Crippen LogP) is 1.15. The van der Waals surface area contributed by atoms with Crippen LogP contribution in [-0.4, -0.2) is 35.8 Å². The van der Waals surface area contributed by atoms with Gasteiger partial charge >= 0.3 is 0 Å². The first kappa shape index (κ1) is 8.29. The van der Waals surface area contributed by atoms with Gasteiger partial charge in [-0.25, -0.2) is 0 Å². The SMILES string of the molecule is c1cc(OC2CN3CCC2CC3)no1. The molecule has 0 spiro atoms. The lowest BCUT2D eigenvalue weighted by Crippen LogP contribution is -2.52. The van der Waals surface area contributed by atoms with E-state index in [-0.39, 0.29) is 0 Å². The van der Waals surface area contributed by atoms with Crippen LogP contribution in [0.15, 0.2) is 16.9 Å². The largest absolute Gasteiger partial charge is 0.471 e. The van der Waals surface area contributed by atoms with Crippen molar-refractivity contribution in [1.82, 2.24) is 10.1 Å². The van der Waals surface area contributed by atoms with Gasteiger partial charge in [0.15, 0.2) is 0 Å². The van der Waals surface area contributed by atoms with Gasteiger partial charge in [-0.05, 0) is 37.0 Å². The van der Waals surface area contributed by atoms with Gasteiger partial charge in [0.25, 0.3) is 5.88 Å². The van der Waals surface area contributed by atoms with Crippen LogP contribution in [-0.2, 0) is 0 Å². The van der Waals surface area contributed by atoms with E-state index in [0.717, 1.165) is 12.5 Å². The Labute approximate surface area is 82.8 Å². The first-order valence-corrected chi connectivity index (χ1v) is 5.21. The molecule has 0 aromatic carbocycles. The number of ether oxygens (including phenoxy) is 1. The van der Waals surface area contributed by atoms with Gasteiger partial charge in [0.1, 0.15) is 12.4 Å². The summed E-state index contributed by atoms with van der Waals surface area (Å²) in [5.74, 6) is 1.35. The van der Waals surface area contributed by atoms with Crippen molar-refractivity contribution in [3.05, 3.63) is 12.3 Å². The molecule has 1 aromatic rings. The van der Waals surface area contributed by atoms with Crippen molar-refractivity contribution in [2.24, 2.45) is 5.92 Å². The maximum Gasteiger partial charge on any atom is 0.254 e. The summed E-state index contributed by atoms with van der Waals surface area (Å²) in [5, 5.41) is 3.78. The van der Waals surface area contributed by atoms with Crippen LogP contribution >= 0.6 is 0 Å².